The fraction of sp³-hybridized carbons (Fsp3) is 0.400. The molecule has 3 nitrogen and oxygen atoms in total. The van der Waals surface area contributed by atoms with E-state index in [1.807, 2.05) is 0 Å². The lowest BCUT2D eigenvalue weighted by atomic mass is 10.0. The van der Waals surface area contributed by atoms with E-state index in [0.717, 1.165) is 5.56 Å². The second kappa shape index (κ2) is 3.55. The van der Waals surface area contributed by atoms with Crippen LogP contribution in [0.1, 0.15) is 17.2 Å². The molecule has 0 fully saturated rings. The number of fused-ring (bicyclic) bond motifs is 1. The Balaban J connectivity index is 2.48. The maximum Gasteiger partial charge on any atom is 0.127 e. The minimum atomic E-state index is -0.572. The Bertz CT molecular complexity index is 354. The summed E-state index contributed by atoms with van der Waals surface area (Å²) in [7, 11) is 0. The van der Waals surface area contributed by atoms with Gasteiger partial charge >= 0.3 is 0 Å². The molecule has 0 bridgehead atoms. The minimum Gasteiger partial charge on any atom is -0.493 e. The summed E-state index contributed by atoms with van der Waals surface area (Å²) < 4.78 is 18.5. The van der Waals surface area contributed by atoms with Crippen molar-refractivity contribution in [1.82, 2.24) is 0 Å². The molecule has 0 amide bonds. The summed E-state index contributed by atoms with van der Waals surface area (Å²) in [4.78, 5) is 0. The van der Waals surface area contributed by atoms with Gasteiger partial charge in [0.15, 0.2) is 0 Å². The predicted octanol–water partition coefficient (Wildman–Crippen LogP) is 0.753. The molecule has 1 aromatic rings. The van der Waals surface area contributed by atoms with Gasteiger partial charge in [0.1, 0.15) is 11.6 Å². The zero-order valence-corrected chi connectivity index (χ0v) is 7.66. The Hall–Kier alpha value is -1.13. The van der Waals surface area contributed by atoms with Crippen molar-refractivity contribution in [2.75, 3.05) is 13.2 Å². The van der Waals surface area contributed by atoms with Crippen molar-refractivity contribution in [3.63, 3.8) is 0 Å². The Morgan fingerprint density at radius 3 is 3.07 bits per heavy atom. The molecular formula is C10H12FNO2. The molecule has 0 unspecified atom stereocenters. The maximum absolute atomic E-state index is 13.1. The zero-order chi connectivity index (χ0) is 10.1. The number of halogens is 1. The molecule has 3 N–H and O–H groups in total. The van der Waals surface area contributed by atoms with Crippen LogP contribution in [0.2, 0.25) is 0 Å². The average Bonchev–Trinajstić information content (AvgIpc) is 2.62. The first kappa shape index (κ1) is 9.43. The van der Waals surface area contributed by atoms with Crippen molar-refractivity contribution in [3.8, 4) is 5.75 Å². The number of aliphatic hydroxyl groups excluding tert-OH is 1. The van der Waals surface area contributed by atoms with E-state index in [9.17, 15) is 4.39 Å². The van der Waals surface area contributed by atoms with Crippen LogP contribution in [-0.2, 0) is 6.42 Å². The number of nitrogens with two attached hydrogens (primary N) is 1. The topological polar surface area (TPSA) is 55.5 Å². The highest BCUT2D eigenvalue weighted by atomic mass is 19.1. The Kier molecular flexibility index (Phi) is 2.39. The van der Waals surface area contributed by atoms with Crippen LogP contribution in [0.25, 0.3) is 0 Å². The first-order valence-corrected chi connectivity index (χ1v) is 4.54. The van der Waals surface area contributed by atoms with Crippen LogP contribution in [0.5, 0.6) is 5.75 Å². The lowest BCUT2D eigenvalue weighted by Gasteiger charge is -2.13. The molecule has 0 saturated heterocycles. The first-order chi connectivity index (χ1) is 6.72. The number of aliphatic hydroxyl groups is 1. The van der Waals surface area contributed by atoms with Crippen LogP contribution in [-0.4, -0.2) is 18.3 Å². The van der Waals surface area contributed by atoms with Gasteiger partial charge in [-0.3, -0.25) is 0 Å². The van der Waals surface area contributed by atoms with Gasteiger partial charge in [0.25, 0.3) is 0 Å². The number of ether oxygens (including phenoxy) is 1. The van der Waals surface area contributed by atoms with Crippen molar-refractivity contribution in [2.45, 2.75) is 12.5 Å². The fourth-order valence-corrected chi connectivity index (χ4v) is 1.67. The molecule has 14 heavy (non-hydrogen) atoms. The predicted molar refractivity (Wildman–Crippen MR) is 49.6 cm³/mol. The van der Waals surface area contributed by atoms with Crippen LogP contribution in [0, 0.1) is 5.82 Å². The summed E-state index contributed by atoms with van der Waals surface area (Å²) >= 11 is 0. The summed E-state index contributed by atoms with van der Waals surface area (Å²) in [6, 6.07) is 2.21. The summed E-state index contributed by atoms with van der Waals surface area (Å²) in [5.74, 6) is 0.320. The molecule has 0 aliphatic carbocycles. The largest absolute Gasteiger partial charge is 0.493 e. The molecule has 76 valence electrons. The quantitative estimate of drug-likeness (QED) is 0.735. The normalized spacial score (nSPS) is 16.2. The highest BCUT2D eigenvalue weighted by Gasteiger charge is 2.21. The molecule has 0 radical (unpaired) electrons. The smallest absolute Gasteiger partial charge is 0.127 e. The summed E-state index contributed by atoms with van der Waals surface area (Å²) in [5, 5.41) is 8.91. The Morgan fingerprint density at radius 2 is 2.36 bits per heavy atom. The van der Waals surface area contributed by atoms with Crippen molar-refractivity contribution in [2.24, 2.45) is 5.73 Å². The van der Waals surface area contributed by atoms with Crippen LogP contribution in [0.3, 0.4) is 0 Å². The first-order valence-electron chi connectivity index (χ1n) is 4.54. The van der Waals surface area contributed by atoms with Crippen LogP contribution in [0.4, 0.5) is 4.39 Å². The molecule has 0 aromatic heterocycles. The van der Waals surface area contributed by atoms with Gasteiger partial charge in [0.2, 0.25) is 0 Å². The second-order valence-electron chi connectivity index (χ2n) is 3.37. The maximum atomic E-state index is 13.1. The molecule has 0 spiro atoms. The molecule has 4 heteroatoms. The zero-order valence-electron chi connectivity index (χ0n) is 7.66. The van der Waals surface area contributed by atoms with E-state index in [2.05, 4.69) is 0 Å². The molecule has 1 aliphatic heterocycles. The van der Waals surface area contributed by atoms with E-state index in [-0.39, 0.29) is 12.4 Å². The van der Waals surface area contributed by atoms with Crippen LogP contribution < -0.4 is 10.5 Å². The SMILES string of the molecule is N[C@@H](CO)c1cc(F)cc2c1OCC2. The monoisotopic (exact) mass is 197 g/mol. The van der Waals surface area contributed by atoms with Crippen LogP contribution in [0.15, 0.2) is 12.1 Å². The van der Waals surface area contributed by atoms with E-state index in [4.69, 9.17) is 15.6 Å². The van der Waals surface area contributed by atoms with Gasteiger partial charge in [-0.1, -0.05) is 0 Å². The standard InChI is InChI=1S/C10H12FNO2/c11-7-3-6-1-2-14-10(6)8(4-7)9(12)5-13/h3-4,9,13H,1-2,5,12H2/t9-/m0/s1. The van der Waals surface area contributed by atoms with Crippen molar-refractivity contribution in [3.05, 3.63) is 29.1 Å². The molecule has 1 aliphatic rings. The van der Waals surface area contributed by atoms with E-state index < -0.39 is 6.04 Å². The van der Waals surface area contributed by atoms with E-state index in [1.165, 1.54) is 12.1 Å². The van der Waals surface area contributed by atoms with Gasteiger partial charge in [-0.05, 0) is 12.1 Å². The minimum absolute atomic E-state index is 0.209. The fourth-order valence-electron chi connectivity index (χ4n) is 1.67. The number of hydrogen-bond donors (Lipinski definition) is 2. The Morgan fingerprint density at radius 1 is 1.57 bits per heavy atom. The van der Waals surface area contributed by atoms with Gasteiger partial charge in [0, 0.05) is 17.5 Å². The van der Waals surface area contributed by atoms with Crippen molar-refractivity contribution in [1.29, 1.82) is 0 Å². The molecular weight excluding hydrogens is 185 g/mol. The van der Waals surface area contributed by atoms with Crippen molar-refractivity contribution < 1.29 is 14.2 Å². The lowest BCUT2D eigenvalue weighted by molar-refractivity contribution is 0.263. The summed E-state index contributed by atoms with van der Waals surface area (Å²) in [6.07, 6.45) is 0.707. The molecule has 1 heterocycles. The third kappa shape index (κ3) is 1.47. The molecule has 0 saturated carbocycles. The van der Waals surface area contributed by atoms with E-state index in [0.29, 0.717) is 24.3 Å². The highest BCUT2D eigenvalue weighted by Crippen LogP contribution is 2.33. The van der Waals surface area contributed by atoms with Gasteiger partial charge in [0.05, 0.1) is 19.3 Å². The third-order valence-electron chi connectivity index (χ3n) is 2.37. The number of benzene rings is 1. The van der Waals surface area contributed by atoms with Gasteiger partial charge in [-0.2, -0.15) is 0 Å². The summed E-state index contributed by atoms with van der Waals surface area (Å²) in [6.45, 7) is 0.350. The Labute approximate surface area is 81.3 Å². The average molecular weight is 197 g/mol. The van der Waals surface area contributed by atoms with E-state index in [1.54, 1.807) is 0 Å². The highest BCUT2D eigenvalue weighted by molar-refractivity contribution is 5.46. The van der Waals surface area contributed by atoms with Crippen molar-refractivity contribution >= 4 is 0 Å². The molecule has 1 atom stereocenters. The van der Waals surface area contributed by atoms with Gasteiger partial charge < -0.3 is 15.6 Å². The molecule has 2 rings (SSSR count). The second-order valence-corrected chi connectivity index (χ2v) is 3.37. The third-order valence-corrected chi connectivity index (χ3v) is 2.37. The number of hydrogen-bond acceptors (Lipinski definition) is 3. The molecule has 1 aromatic carbocycles. The van der Waals surface area contributed by atoms with E-state index >= 15 is 0 Å². The summed E-state index contributed by atoms with van der Waals surface area (Å²) in [5.41, 5.74) is 7.03. The lowest BCUT2D eigenvalue weighted by Crippen LogP contribution is -2.15. The van der Waals surface area contributed by atoms with Gasteiger partial charge in [-0.25, -0.2) is 4.39 Å². The number of rotatable bonds is 2. The van der Waals surface area contributed by atoms with Crippen LogP contribution >= 0.6 is 0 Å². The van der Waals surface area contributed by atoms with Gasteiger partial charge in [-0.15, -0.1) is 0 Å².